The number of hydrogen-bond donors (Lipinski definition) is 3. The van der Waals surface area contributed by atoms with Gasteiger partial charge in [0, 0.05) is 4.90 Å². The molecule has 2 aromatic rings. The van der Waals surface area contributed by atoms with E-state index < -0.39 is 0 Å². The van der Waals surface area contributed by atoms with Gasteiger partial charge in [-0.3, -0.25) is 4.98 Å². The zero-order valence-corrected chi connectivity index (χ0v) is 10.5. The Morgan fingerprint density at radius 3 is 2.62 bits per heavy atom. The Morgan fingerprint density at radius 1 is 1.19 bits per heavy atom. The summed E-state index contributed by atoms with van der Waals surface area (Å²) in [6, 6.07) is 7.54. The number of rotatable bonds is 2. The second-order valence-corrected chi connectivity index (χ2v) is 4.15. The minimum absolute atomic E-state index is 0.246. The van der Waals surface area contributed by atoms with Crippen molar-refractivity contribution in [2.45, 2.75) is 4.90 Å². The van der Waals surface area contributed by atoms with E-state index in [4.69, 9.17) is 29.2 Å². The molecule has 0 saturated carbocycles. The number of hydrogen-bond acceptors (Lipinski definition) is 5. The molecule has 7 heteroatoms. The van der Waals surface area contributed by atoms with Gasteiger partial charge in [0.05, 0.1) is 0 Å². The minimum atomic E-state index is 0.246. The predicted octanol–water partition coefficient (Wildman–Crippen LogP) is 3.28. The van der Waals surface area contributed by atoms with Crippen molar-refractivity contribution < 1.29 is 4.74 Å². The van der Waals surface area contributed by atoms with Crippen LogP contribution in [-0.4, -0.2) is 15.0 Å². The number of thiol groups is 1. The van der Waals surface area contributed by atoms with E-state index in [1.54, 1.807) is 6.07 Å². The number of para-hydroxylation sites is 1. The van der Waals surface area contributed by atoms with Gasteiger partial charge in [-0.1, -0.05) is 12.1 Å². The monoisotopic (exact) mass is 269 g/mol. The number of aromatic amines is 2. The molecule has 0 aliphatic carbocycles. The molecule has 0 radical (unpaired) electrons. The molecular formula is C9H7N3OS3. The lowest BCUT2D eigenvalue weighted by molar-refractivity contribution is 0.428. The molecule has 1 aromatic heterocycles. The van der Waals surface area contributed by atoms with Gasteiger partial charge >= 0.3 is 6.01 Å². The molecule has 0 bridgehead atoms. The number of ether oxygens (including phenoxy) is 1. The lowest BCUT2D eigenvalue weighted by Crippen LogP contribution is -1.95. The van der Waals surface area contributed by atoms with Gasteiger partial charge < -0.3 is 9.72 Å². The number of nitrogens with zero attached hydrogens (tertiary/aromatic N) is 1. The standard InChI is InChI=1S/C9H7N3OS3/c14-6-4-2-1-3-5(6)13-7-10-8(15)12-9(16)11-7/h1-4,14H,(H2,10,11,12,15,16). The minimum Gasteiger partial charge on any atom is -0.424 e. The van der Waals surface area contributed by atoms with Gasteiger partial charge in [0.25, 0.3) is 0 Å². The van der Waals surface area contributed by atoms with Crippen LogP contribution in [0.15, 0.2) is 29.2 Å². The summed E-state index contributed by atoms with van der Waals surface area (Å²) in [5.74, 6) is 0.588. The largest absolute Gasteiger partial charge is 0.424 e. The number of H-pyrrole nitrogens is 2. The molecule has 4 nitrogen and oxygen atoms in total. The average molecular weight is 269 g/mol. The van der Waals surface area contributed by atoms with Gasteiger partial charge in [-0.05, 0) is 36.6 Å². The summed E-state index contributed by atoms with van der Waals surface area (Å²) in [7, 11) is 0. The van der Waals surface area contributed by atoms with Crippen molar-refractivity contribution in [3.8, 4) is 11.8 Å². The van der Waals surface area contributed by atoms with Crippen LogP contribution < -0.4 is 4.74 Å². The first-order valence-electron chi connectivity index (χ1n) is 4.31. The van der Waals surface area contributed by atoms with Crippen LogP contribution in [0.2, 0.25) is 0 Å². The van der Waals surface area contributed by atoms with Crippen molar-refractivity contribution in [1.29, 1.82) is 0 Å². The lowest BCUT2D eigenvalue weighted by atomic mass is 10.3. The predicted molar refractivity (Wildman–Crippen MR) is 68.4 cm³/mol. The van der Waals surface area contributed by atoms with Crippen LogP contribution in [0.3, 0.4) is 0 Å². The summed E-state index contributed by atoms with van der Waals surface area (Å²) >= 11 is 14.1. The third-order valence-electron chi connectivity index (χ3n) is 1.72. The van der Waals surface area contributed by atoms with Gasteiger partial charge in [0.2, 0.25) is 4.77 Å². The maximum absolute atomic E-state index is 5.47. The first-order valence-corrected chi connectivity index (χ1v) is 5.58. The smallest absolute Gasteiger partial charge is 0.304 e. The maximum atomic E-state index is 5.47. The maximum Gasteiger partial charge on any atom is 0.304 e. The van der Waals surface area contributed by atoms with Gasteiger partial charge in [-0.25, -0.2) is 0 Å². The van der Waals surface area contributed by atoms with Crippen molar-refractivity contribution >= 4 is 37.1 Å². The van der Waals surface area contributed by atoms with Crippen LogP contribution in [0, 0.1) is 9.54 Å². The molecule has 0 spiro atoms. The molecule has 1 aromatic carbocycles. The number of nitrogens with one attached hydrogen (secondary N) is 2. The van der Waals surface area contributed by atoms with E-state index in [2.05, 4.69) is 27.6 Å². The Balaban J connectivity index is 2.38. The second-order valence-electron chi connectivity index (χ2n) is 2.87. The van der Waals surface area contributed by atoms with Crippen molar-refractivity contribution in [3.63, 3.8) is 0 Å². The second kappa shape index (κ2) is 4.77. The number of aromatic nitrogens is 3. The average Bonchev–Trinajstić information content (AvgIpc) is 2.20. The third kappa shape index (κ3) is 2.69. The van der Waals surface area contributed by atoms with E-state index in [9.17, 15) is 0 Å². The van der Waals surface area contributed by atoms with Crippen LogP contribution in [-0.2, 0) is 0 Å². The van der Waals surface area contributed by atoms with Crippen LogP contribution in [0.5, 0.6) is 11.8 Å². The summed E-state index contributed by atoms with van der Waals surface area (Å²) in [4.78, 5) is 10.1. The summed E-state index contributed by atoms with van der Waals surface area (Å²) in [6.07, 6.45) is 0. The van der Waals surface area contributed by atoms with Gasteiger partial charge in [-0.2, -0.15) is 4.98 Å². The van der Waals surface area contributed by atoms with E-state index in [1.165, 1.54) is 0 Å². The van der Waals surface area contributed by atoms with Gasteiger partial charge in [0.1, 0.15) is 5.75 Å². The highest BCUT2D eigenvalue weighted by atomic mass is 32.1. The SMILES string of the molecule is S=c1nc(Oc2ccccc2S)[nH]c(=S)[nH]1. The van der Waals surface area contributed by atoms with Gasteiger partial charge in [0.15, 0.2) is 4.77 Å². The van der Waals surface area contributed by atoms with E-state index in [1.807, 2.05) is 18.2 Å². The Kier molecular flexibility index (Phi) is 3.37. The fourth-order valence-electron chi connectivity index (χ4n) is 1.07. The van der Waals surface area contributed by atoms with Crippen LogP contribution in [0.25, 0.3) is 0 Å². The highest BCUT2D eigenvalue weighted by Crippen LogP contribution is 2.24. The zero-order chi connectivity index (χ0) is 11.5. The molecule has 0 aliphatic heterocycles. The van der Waals surface area contributed by atoms with Crippen molar-refractivity contribution in [3.05, 3.63) is 33.8 Å². The van der Waals surface area contributed by atoms with E-state index in [0.29, 0.717) is 15.4 Å². The molecule has 0 unspecified atom stereocenters. The van der Waals surface area contributed by atoms with E-state index >= 15 is 0 Å². The van der Waals surface area contributed by atoms with Crippen molar-refractivity contribution in [1.82, 2.24) is 15.0 Å². The van der Waals surface area contributed by atoms with E-state index in [0.717, 1.165) is 0 Å². The molecule has 0 amide bonds. The third-order valence-corrected chi connectivity index (χ3v) is 2.48. The van der Waals surface area contributed by atoms with Crippen molar-refractivity contribution in [2.75, 3.05) is 0 Å². The molecule has 0 atom stereocenters. The Morgan fingerprint density at radius 2 is 1.94 bits per heavy atom. The highest BCUT2D eigenvalue weighted by molar-refractivity contribution is 7.80. The molecule has 2 rings (SSSR count). The quantitative estimate of drug-likeness (QED) is 0.578. The molecule has 0 fully saturated rings. The molecule has 2 N–H and O–H groups in total. The molecule has 82 valence electrons. The molecular weight excluding hydrogens is 262 g/mol. The van der Waals surface area contributed by atoms with Crippen LogP contribution in [0.1, 0.15) is 0 Å². The Labute approximate surface area is 107 Å². The fraction of sp³-hybridized carbons (Fsp3) is 0. The van der Waals surface area contributed by atoms with Crippen LogP contribution >= 0.6 is 37.1 Å². The Bertz CT molecular complexity index is 591. The van der Waals surface area contributed by atoms with Crippen LogP contribution in [0.4, 0.5) is 0 Å². The molecule has 0 saturated heterocycles. The topological polar surface area (TPSA) is 53.7 Å². The zero-order valence-electron chi connectivity index (χ0n) is 7.93. The summed E-state index contributed by atoms with van der Waals surface area (Å²) in [5.41, 5.74) is 0. The Hall–Kier alpha value is -1.18. The first-order chi connectivity index (χ1) is 7.65. The molecule has 0 aliphatic rings. The van der Waals surface area contributed by atoms with Gasteiger partial charge in [-0.15, -0.1) is 12.6 Å². The molecule has 16 heavy (non-hydrogen) atoms. The van der Waals surface area contributed by atoms with Crippen molar-refractivity contribution in [2.24, 2.45) is 0 Å². The normalized spacial score (nSPS) is 10.1. The van der Waals surface area contributed by atoms with E-state index in [-0.39, 0.29) is 10.8 Å². The lowest BCUT2D eigenvalue weighted by Gasteiger charge is -2.05. The number of benzene rings is 1. The summed E-state index contributed by atoms with van der Waals surface area (Å²) in [5, 5.41) is 0. The summed E-state index contributed by atoms with van der Waals surface area (Å²) in [6.45, 7) is 0. The molecule has 1 heterocycles. The highest BCUT2D eigenvalue weighted by Gasteiger charge is 2.02. The fourth-order valence-corrected chi connectivity index (χ4v) is 1.71. The summed E-state index contributed by atoms with van der Waals surface area (Å²) < 4.78 is 6.12. The first kappa shape index (κ1) is 11.3.